The van der Waals surface area contributed by atoms with E-state index >= 15 is 0 Å². The summed E-state index contributed by atoms with van der Waals surface area (Å²) in [4.78, 5) is 24.0. The Labute approximate surface area is 86.4 Å². The Balaban J connectivity index is 3.10. The van der Waals surface area contributed by atoms with Crippen molar-refractivity contribution in [3.63, 3.8) is 0 Å². The summed E-state index contributed by atoms with van der Waals surface area (Å²) in [6, 6.07) is 2.72. The van der Waals surface area contributed by atoms with Gasteiger partial charge in [-0.15, -0.1) is 0 Å². The molecule has 1 atom stereocenters. The molecule has 0 saturated heterocycles. The second kappa shape index (κ2) is 4.27. The third kappa shape index (κ3) is 2.66. The highest BCUT2D eigenvalue weighted by atomic mass is 16.4. The second-order valence-electron chi connectivity index (χ2n) is 3.40. The molecule has 0 fully saturated rings. The number of hydrogen-bond acceptors (Lipinski definition) is 3. The number of aliphatic carboxylic acids is 1. The summed E-state index contributed by atoms with van der Waals surface area (Å²) in [6.45, 7) is 1.67. The molecule has 15 heavy (non-hydrogen) atoms. The largest absolute Gasteiger partial charge is 0.481 e. The summed E-state index contributed by atoms with van der Waals surface area (Å²) in [6.07, 6.45) is 1.22. The van der Waals surface area contributed by atoms with Gasteiger partial charge in [-0.05, 0) is 18.1 Å². The van der Waals surface area contributed by atoms with Gasteiger partial charge in [0, 0.05) is 12.3 Å². The van der Waals surface area contributed by atoms with Crippen LogP contribution in [0.15, 0.2) is 23.1 Å². The molecule has 1 rings (SSSR count). The Bertz CT molecular complexity index is 412. The lowest BCUT2D eigenvalue weighted by Gasteiger charge is -2.24. The highest BCUT2D eigenvalue weighted by Crippen LogP contribution is 2.27. The molecule has 0 saturated carbocycles. The van der Waals surface area contributed by atoms with Gasteiger partial charge in [0.1, 0.15) is 5.60 Å². The molecule has 1 aromatic heterocycles. The third-order valence-corrected chi connectivity index (χ3v) is 2.34. The minimum atomic E-state index is -1.47. The number of carboxylic acid groups (broad SMARTS) is 1. The van der Waals surface area contributed by atoms with E-state index in [4.69, 9.17) is 5.11 Å². The molecule has 0 aliphatic heterocycles. The molecule has 3 N–H and O–H groups in total. The van der Waals surface area contributed by atoms with Crippen molar-refractivity contribution in [3.8, 4) is 0 Å². The summed E-state index contributed by atoms with van der Waals surface area (Å²) in [5.41, 5.74) is -1.50. The fourth-order valence-electron chi connectivity index (χ4n) is 1.42. The van der Waals surface area contributed by atoms with Gasteiger partial charge in [-0.25, -0.2) is 0 Å². The van der Waals surface area contributed by atoms with Crippen LogP contribution in [0.4, 0.5) is 0 Å². The molecule has 0 radical (unpaired) electrons. The summed E-state index contributed by atoms with van der Waals surface area (Å²) in [7, 11) is 0. The molecule has 1 unspecified atom stereocenters. The molecule has 1 aromatic rings. The monoisotopic (exact) mass is 211 g/mol. The van der Waals surface area contributed by atoms with Gasteiger partial charge >= 0.3 is 5.97 Å². The maximum Gasteiger partial charge on any atom is 0.306 e. The smallest absolute Gasteiger partial charge is 0.306 e. The van der Waals surface area contributed by atoms with Gasteiger partial charge in [-0.2, -0.15) is 0 Å². The zero-order valence-corrected chi connectivity index (χ0v) is 8.36. The Hall–Kier alpha value is -1.62. The molecule has 0 bridgehead atoms. The van der Waals surface area contributed by atoms with E-state index in [1.807, 2.05) is 0 Å². The van der Waals surface area contributed by atoms with Crippen molar-refractivity contribution in [2.45, 2.75) is 25.4 Å². The zero-order chi connectivity index (χ0) is 11.5. The highest BCUT2D eigenvalue weighted by molar-refractivity contribution is 5.68. The van der Waals surface area contributed by atoms with Crippen molar-refractivity contribution in [2.75, 3.05) is 0 Å². The van der Waals surface area contributed by atoms with E-state index in [1.54, 1.807) is 6.92 Å². The Morgan fingerprint density at radius 2 is 2.27 bits per heavy atom. The van der Waals surface area contributed by atoms with E-state index in [9.17, 15) is 14.7 Å². The minimum Gasteiger partial charge on any atom is -0.481 e. The van der Waals surface area contributed by atoms with E-state index in [0.29, 0.717) is 5.56 Å². The number of pyridine rings is 1. The van der Waals surface area contributed by atoms with E-state index in [2.05, 4.69) is 4.98 Å². The normalized spacial score (nSPS) is 14.5. The van der Waals surface area contributed by atoms with Crippen molar-refractivity contribution >= 4 is 5.97 Å². The quantitative estimate of drug-likeness (QED) is 0.674. The number of carbonyl (C=O) groups is 1. The van der Waals surface area contributed by atoms with Crippen molar-refractivity contribution in [2.24, 2.45) is 0 Å². The lowest BCUT2D eigenvalue weighted by Crippen LogP contribution is -2.29. The summed E-state index contributed by atoms with van der Waals surface area (Å²) in [5, 5.41) is 18.7. The van der Waals surface area contributed by atoms with Gasteiger partial charge < -0.3 is 15.2 Å². The first kappa shape index (κ1) is 11.5. The molecule has 5 nitrogen and oxygen atoms in total. The van der Waals surface area contributed by atoms with Gasteiger partial charge in [0.05, 0.1) is 6.42 Å². The molecule has 1 heterocycles. The lowest BCUT2D eigenvalue weighted by molar-refractivity contribution is -0.143. The number of hydrogen-bond donors (Lipinski definition) is 3. The number of carboxylic acids is 1. The number of nitrogens with one attached hydrogen (secondary N) is 1. The molecule has 0 aliphatic carbocycles. The first-order chi connectivity index (χ1) is 6.98. The average molecular weight is 211 g/mol. The Kier molecular flexibility index (Phi) is 3.26. The Morgan fingerprint density at radius 1 is 1.60 bits per heavy atom. The van der Waals surface area contributed by atoms with E-state index in [-0.39, 0.29) is 12.0 Å². The van der Waals surface area contributed by atoms with Gasteiger partial charge in [-0.1, -0.05) is 6.92 Å². The molecule has 0 amide bonds. The fraction of sp³-hybridized carbons (Fsp3) is 0.400. The zero-order valence-electron chi connectivity index (χ0n) is 8.36. The number of aromatic amines is 1. The first-order valence-corrected chi connectivity index (χ1v) is 4.61. The minimum absolute atomic E-state index is 0.239. The van der Waals surface area contributed by atoms with Crippen molar-refractivity contribution in [1.29, 1.82) is 0 Å². The highest BCUT2D eigenvalue weighted by Gasteiger charge is 2.30. The maximum absolute atomic E-state index is 11.0. The van der Waals surface area contributed by atoms with Gasteiger partial charge in [0.2, 0.25) is 5.56 Å². The van der Waals surface area contributed by atoms with Crippen LogP contribution in [0.25, 0.3) is 0 Å². The van der Waals surface area contributed by atoms with Crippen LogP contribution in [0.1, 0.15) is 25.3 Å². The topological polar surface area (TPSA) is 90.4 Å². The molecule has 5 heteroatoms. The molecular formula is C10H13NO4. The van der Waals surface area contributed by atoms with Crippen LogP contribution in [0.3, 0.4) is 0 Å². The number of aromatic nitrogens is 1. The van der Waals surface area contributed by atoms with E-state index in [1.165, 1.54) is 18.3 Å². The third-order valence-electron chi connectivity index (χ3n) is 2.34. The SMILES string of the molecule is CCC(O)(CC(=O)O)c1cc[nH]c(=O)c1. The molecule has 0 aromatic carbocycles. The number of rotatable bonds is 4. The Morgan fingerprint density at radius 3 is 2.73 bits per heavy atom. The van der Waals surface area contributed by atoms with Crippen molar-refractivity contribution in [3.05, 3.63) is 34.2 Å². The van der Waals surface area contributed by atoms with E-state index < -0.39 is 18.0 Å². The molecule has 82 valence electrons. The van der Waals surface area contributed by atoms with Crippen molar-refractivity contribution in [1.82, 2.24) is 4.98 Å². The fourth-order valence-corrected chi connectivity index (χ4v) is 1.42. The van der Waals surface area contributed by atoms with Crippen LogP contribution in [0.2, 0.25) is 0 Å². The van der Waals surface area contributed by atoms with Crippen LogP contribution >= 0.6 is 0 Å². The second-order valence-corrected chi connectivity index (χ2v) is 3.40. The average Bonchev–Trinajstić information content (AvgIpc) is 2.16. The molecule has 0 spiro atoms. The van der Waals surface area contributed by atoms with Gasteiger partial charge in [0.15, 0.2) is 0 Å². The van der Waals surface area contributed by atoms with E-state index in [0.717, 1.165) is 0 Å². The first-order valence-electron chi connectivity index (χ1n) is 4.61. The molecular weight excluding hydrogens is 198 g/mol. The maximum atomic E-state index is 11.0. The molecule has 0 aliphatic rings. The standard InChI is InChI=1S/C10H13NO4/c1-2-10(15,6-9(13)14)7-3-4-11-8(12)5-7/h3-5,15H,2,6H2,1H3,(H,11,12)(H,13,14). The van der Waals surface area contributed by atoms with Crippen LogP contribution in [0, 0.1) is 0 Å². The van der Waals surface area contributed by atoms with Gasteiger partial charge in [-0.3, -0.25) is 9.59 Å². The summed E-state index contributed by atoms with van der Waals surface area (Å²) < 4.78 is 0. The van der Waals surface area contributed by atoms with Crippen LogP contribution in [-0.4, -0.2) is 21.2 Å². The van der Waals surface area contributed by atoms with Crippen LogP contribution < -0.4 is 5.56 Å². The summed E-state index contributed by atoms with van der Waals surface area (Å²) >= 11 is 0. The van der Waals surface area contributed by atoms with Crippen molar-refractivity contribution < 1.29 is 15.0 Å². The summed E-state index contributed by atoms with van der Waals surface area (Å²) in [5.74, 6) is -1.10. The predicted molar refractivity (Wildman–Crippen MR) is 53.5 cm³/mol. The predicted octanol–water partition coefficient (Wildman–Crippen LogP) is 0.447. The lowest BCUT2D eigenvalue weighted by atomic mass is 9.89. The number of H-pyrrole nitrogens is 1. The van der Waals surface area contributed by atoms with Gasteiger partial charge in [0.25, 0.3) is 0 Å². The van der Waals surface area contributed by atoms with Crippen LogP contribution in [-0.2, 0) is 10.4 Å². The number of aliphatic hydroxyl groups is 1. The van der Waals surface area contributed by atoms with Crippen LogP contribution in [0.5, 0.6) is 0 Å².